The number of aliphatic hydroxyl groups excluding tert-OH is 2. The zero-order valence-electron chi connectivity index (χ0n) is 18.2. The van der Waals surface area contributed by atoms with E-state index >= 15 is 0 Å². The highest BCUT2D eigenvalue weighted by Crippen LogP contribution is 2.69. The second kappa shape index (κ2) is 7.61. The van der Waals surface area contributed by atoms with Gasteiger partial charge in [0.25, 0.3) is 0 Å². The molecule has 0 saturated heterocycles. The molecular formula is C23H21ClN6O3S. The lowest BCUT2D eigenvalue weighted by atomic mass is 10.0. The Hall–Kier alpha value is -3.29. The first kappa shape index (κ1) is 21.3. The summed E-state index contributed by atoms with van der Waals surface area (Å²) in [6.07, 6.45) is 4.39. The minimum atomic E-state index is -1.10. The second-order valence-corrected chi connectivity index (χ2v) is 10.7. The third-order valence-corrected chi connectivity index (χ3v) is 7.97. The number of nitrogens with one attached hydrogen (secondary N) is 2. The molecule has 34 heavy (non-hydrogen) atoms. The predicted octanol–water partition coefficient (Wildman–Crippen LogP) is 3.40. The number of hydrogen-bond acceptors (Lipinski definition) is 8. The number of allylic oxidation sites excluding steroid dienone is 1. The highest BCUT2D eigenvalue weighted by Gasteiger charge is 2.72. The van der Waals surface area contributed by atoms with E-state index in [4.69, 9.17) is 11.6 Å². The molecule has 3 aliphatic carbocycles. The SMILES string of the molecule is CNC(=O)C12CC1[C@@H](n1cnc3c(NCC4CC4)nc(C#Cc4ccc(Cl)s4)nc31)C(O)=C2O. The molecule has 0 spiro atoms. The predicted molar refractivity (Wildman–Crippen MR) is 128 cm³/mol. The van der Waals surface area contributed by atoms with E-state index in [1.807, 2.05) is 6.07 Å². The van der Waals surface area contributed by atoms with Crippen molar-refractivity contribution in [2.45, 2.75) is 25.3 Å². The molecule has 9 nitrogen and oxygen atoms in total. The van der Waals surface area contributed by atoms with Crippen molar-refractivity contribution in [2.75, 3.05) is 18.9 Å². The fraction of sp³-hybridized carbons (Fsp3) is 0.391. The van der Waals surface area contributed by atoms with E-state index in [-0.39, 0.29) is 23.3 Å². The highest BCUT2D eigenvalue weighted by molar-refractivity contribution is 7.16. The topological polar surface area (TPSA) is 125 Å². The monoisotopic (exact) mass is 496 g/mol. The second-order valence-electron chi connectivity index (χ2n) is 8.94. The maximum absolute atomic E-state index is 12.5. The molecule has 3 heterocycles. The van der Waals surface area contributed by atoms with E-state index in [0.717, 1.165) is 11.4 Å². The van der Waals surface area contributed by atoms with Gasteiger partial charge in [-0.1, -0.05) is 11.6 Å². The van der Waals surface area contributed by atoms with Crippen molar-refractivity contribution in [3.8, 4) is 11.8 Å². The third-order valence-electron chi connectivity index (χ3n) is 6.82. The number of imidazole rings is 1. The number of aromatic nitrogens is 4. The van der Waals surface area contributed by atoms with Gasteiger partial charge in [0.1, 0.15) is 17.2 Å². The Labute approximate surface area is 203 Å². The van der Waals surface area contributed by atoms with Crippen LogP contribution in [-0.2, 0) is 4.79 Å². The number of rotatable bonds is 5. The van der Waals surface area contributed by atoms with Crippen molar-refractivity contribution >= 4 is 45.8 Å². The molecule has 0 radical (unpaired) electrons. The first-order valence-corrected chi connectivity index (χ1v) is 12.2. The molecule has 174 valence electrons. The molecule has 1 amide bonds. The number of thiophene rings is 1. The summed E-state index contributed by atoms with van der Waals surface area (Å²) in [5.41, 5.74) is -0.0668. The summed E-state index contributed by atoms with van der Waals surface area (Å²) in [5, 5.41) is 27.4. The number of anilines is 1. The van der Waals surface area contributed by atoms with E-state index in [1.165, 1.54) is 31.2 Å². The van der Waals surface area contributed by atoms with E-state index in [9.17, 15) is 15.0 Å². The van der Waals surface area contributed by atoms with Crippen LogP contribution in [0, 0.1) is 29.1 Å². The van der Waals surface area contributed by atoms with Gasteiger partial charge in [0.05, 0.1) is 15.5 Å². The Kier molecular flexibility index (Phi) is 4.76. The van der Waals surface area contributed by atoms with Crippen molar-refractivity contribution in [1.82, 2.24) is 24.8 Å². The molecule has 2 saturated carbocycles. The van der Waals surface area contributed by atoms with Crippen LogP contribution in [0.15, 0.2) is 30.0 Å². The van der Waals surface area contributed by atoms with Crippen molar-refractivity contribution < 1.29 is 15.0 Å². The van der Waals surface area contributed by atoms with Crippen LogP contribution >= 0.6 is 22.9 Å². The summed E-state index contributed by atoms with van der Waals surface area (Å²) in [7, 11) is 1.52. The van der Waals surface area contributed by atoms with E-state index in [2.05, 4.69) is 37.4 Å². The van der Waals surface area contributed by atoms with E-state index in [0.29, 0.717) is 39.5 Å². The number of amides is 1. The molecule has 3 aromatic heterocycles. The lowest BCUT2D eigenvalue weighted by Gasteiger charge is -2.15. The van der Waals surface area contributed by atoms with Crippen LogP contribution in [0.2, 0.25) is 4.34 Å². The zero-order chi connectivity index (χ0) is 23.6. The lowest BCUT2D eigenvalue weighted by molar-refractivity contribution is -0.125. The van der Waals surface area contributed by atoms with Crippen LogP contribution in [0.5, 0.6) is 0 Å². The van der Waals surface area contributed by atoms with E-state index < -0.39 is 11.5 Å². The number of carbonyl (C=O) groups is 1. The van der Waals surface area contributed by atoms with Crippen molar-refractivity contribution in [1.29, 1.82) is 0 Å². The number of halogens is 1. The fourth-order valence-corrected chi connectivity index (χ4v) is 5.68. The first-order chi connectivity index (χ1) is 16.4. The number of carbonyl (C=O) groups excluding carboxylic acids is 1. The summed E-state index contributed by atoms with van der Waals surface area (Å²) in [6.45, 7) is 0.782. The van der Waals surface area contributed by atoms with Gasteiger partial charge in [0.15, 0.2) is 22.7 Å². The average molecular weight is 497 g/mol. The Balaban J connectivity index is 1.43. The quantitative estimate of drug-likeness (QED) is 0.399. The summed E-state index contributed by atoms with van der Waals surface area (Å²) < 4.78 is 2.36. The molecule has 3 aliphatic rings. The number of hydrogen-bond donors (Lipinski definition) is 4. The minimum absolute atomic E-state index is 0.230. The van der Waals surface area contributed by atoms with Crippen LogP contribution in [0.1, 0.15) is 36.0 Å². The molecule has 4 N–H and O–H groups in total. The largest absolute Gasteiger partial charge is 0.508 e. The van der Waals surface area contributed by atoms with Crippen LogP contribution in [0.25, 0.3) is 11.2 Å². The third kappa shape index (κ3) is 3.22. The van der Waals surface area contributed by atoms with Crippen molar-refractivity contribution in [2.24, 2.45) is 17.3 Å². The summed E-state index contributed by atoms with van der Waals surface area (Å²) in [4.78, 5) is 27.0. The number of aliphatic hydroxyl groups is 2. The van der Waals surface area contributed by atoms with Gasteiger partial charge in [-0.05, 0) is 49.2 Å². The maximum atomic E-state index is 12.5. The van der Waals surface area contributed by atoms with Crippen molar-refractivity contribution in [3.63, 3.8) is 0 Å². The Bertz CT molecular complexity index is 1430. The molecule has 0 bridgehead atoms. The van der Waals surface area contributed by atoms with Gasteiger partial charge in [-0.2, -0.15) is 0 Å². The first-order valence-electron chi connectivity index (χ1n) is 11.0. The van der Waals surface area contributed by atoms with Gasteiger partial charge in [-0.15, -0.1) is 11.3 Å². The molecule has 11 heteroatoms. The minimum Gasteiger partial charge on any atom is -0.508 e. The van der Waals surface area contributed by atoms with Crippen LogP contribution in [0.3, 0.4) is 0 Å². The molecule has 3 atom stereocenters. The summed E-state index contributed by atoms with van der Waals surface area (Å²) in [6, 6.07) is 2.98. The summed E-state index contributed by atoms with van der Waals surface area (Å²) >= 11 is 7.38. The number of fused-ring (bicyclic) bond motifs is 2. The molecule has 2 fully saturated rings. The van der Waals surface area contributed by atoms with Gasteiger partial charge in [-0.3, -0.25) is 4.79 Å². The van der Waals surface area contributed by atoms with Gasteiger partial charge in [0, 0.05) is 19.5 Å². The molecule has 0 aromatic carbocycles. The Morgan fingerprint density at radius 1 is 1.32 bits per heavy atom. The standard InChI is InChI=1S/C23H21ClN6O3S/c1-25-22(33)23-8-13(23)17(18(31)19(23)32)30-10-27-16-20(26-9-11-2-3-11)28-15(29-21(16)30)7-5-12-4-6-14(24)34-12/h4,6,10-11,13,17,31-32H,2-3,8-9H2,1H3,(H,25,33)(H,26,28,29)/t13?,17-,23?/m1/s1. The maximum Gasteiger partial charge on any atom is 0.234 e. The summed E-state index contributed by atoms with van der Waals surface area (Å²) in [5.74, 6) is 6.44. The molecule has 0 aliphatic heterocycles. The number of nitrogens with zero attached hydrogens (tertiary/aromatic N) is 4. The van der Waals surface area contributed by atoms with E-state index in [1.54, 1.807) is 17.0 Å². The molecule has 3 aromatic rings. The molecule has 2 unspecified atom stereocenters. The normalized spacial score (nSPS) is 25.1. The van der Waals surface area contributed by atoms with Crippen LogP contribution < -0.4 is 10.6 Å². The van der Waals surface area contributed by atoms with Gasteiger partial charge in [0.2, 0.25) is 11.7 Å². The van der Waals surface area contributed by atoms with Gasteiger partial charge < -0.3 is 25.4 Å². The lowest BCUT2D eigenvalue weighted by Crippen LogP contribution is -2.30. The highest BCUT2D eigenvalue weighted by atomic mass is 35.5. The smallest absolute Gasteiger partial charge is 0.234 e. The fourth-order valence-electron chi connectivity index (χ4n) is 4.78. The Morgan fingerprint density at radius 2 is 2.15 bits per heavy atom. The van der Waals surface area contributed by atoms with Gasteiger partial charge in [-0.25, -0.2) is 15.0 Å². The average Bonchev–Trinajstić information content (AvgIpc) is 3.70. The van der Waals surface area contributed by atoms with Gasteiger partial charge >= 0.3 is 0 Å². The van der Waals surface area contributed by atoms with Crippen molar-refractivity contribution in [3.05, 3.63) is 45.0 Å². The van der Waals surface area contributed by atoms with Crippen LogP contribution in [-0.4, -0.2) is 49.2 Å². The molecular weight excluding hydrogens is 476 g/mol. The Morgan fingerprint density at radius 3 is 2.85 bits per heavy atom. The van der Waals surface area contributed by atoms with Crippen LogP contribution in [0.4, 0.5) is 5.82 Å². The molecule has 6 rings (SSSR count). The zero-order valence-corrected chi connectivity index (χ0v) is 19.7.